The second-order valence-electron chi connectivity index (χ2n) is 4.99. The van der Waals surface area contributed by atoms with Crippen LogP contribution in [0.4, 0.5) is 4.39 Å². The minimum Gasteiger partial charge on any atom is -0.481 e. The molecule has 0 aliphatic heterocycles. The number of nitrogens with zero attached hydrogens (tertiary/aromatic N) is 1. The van der Waals surface area contributed by atoms with Crippen LogP contribution in [0.3, 0.4) is 0 Å². The summed E-state index contributed by atoms with van der Waals surface area (Å²) in [6, 6.07) is 9.23. The molecule has 1 heterocycles. The molecule has 3 nitrogen and oxygen atoms in total. The highest BCUT2D eigenvalue weighted by molar-refractivity contribution is 5.35. The van der Waals surface area contributed by atoms with E-state index in [-0.39, 0.29) is 11.9 Å². The van der Waals surface area contributed by atoms with E-state index in [0.29, 0.717) is 12.4 Å². The number of methoxy groups -OCH3 is 1. The maximum Gasteiger partial charge on any atom is 0.217 e. The van der Waals surface area contributed by atoms with Crippen LogP contribution in [0, 0.1) is 5.82 Å². The number of hydrogen-bond donors (Lipinski definition) is 1. The van der Waals surface area contributed by atoms with Crippen LogP contribution in [0.25, 0.3) is 0 Å². The Labute approximate surface area is 117 Å². The molecule has 1 atom stereocenters. The lowest BCUT2D eigenvalue weighted by molar-refractivity contribution is 0.388. The van der Waals surface area contributed by atoms with E-state index in [2.05, 4.69) is 10.3 Å². The van der Waals surface area contributed by atoms with Crippen LogP contribution in [-0.2, 0) is 13.0 Å². The van der Waals surface area contributed by atoms with Crippen molar-refractivity contribution in [2.24, 2.45) is 0 Å². The third-order valence-electron chi connectivity index (χ3n) is 3.77. The Morgan fingerprint density at radius 1 is 1.40 bits per heavy atom. The summed E-state index contributed by atoms with van der Waals surface area (Å²) in [6.45, 7) is 0.693. The molecule has 0 saturated carbocycles. The van der Waals surface area contributed by atoms with E-state index in [9.17, 15) is 4.39 Å². The van der Waals surface area contributed by atoms with E-state index in [1.54, 1.807) is 19.4 Å². The second-order valence-corrected chi connectivity index (χ2v) is 4.99. The van der Waals surface area contributed by atoms with Crippen molar-refractivity contribution in [2.45, 2.75) is 25.4 Å². The van der Waals surface area contributed by atoms with Crippen LogP contribution in [0.15, 0.2) is 36.5 Å². The number of pyridine rings is 1. The number of ether oxygens (including phenoxy) is 1. The third kappa shape index (κ3) is 2.51. The standard InChI is InChI=1S/C16H17FN2O/c1-20-16-12(3-2-8-18-16)10-19-15-7-4-11-9-13(17)5-6-14(11)15/h2-3,5-6,8-9,15,19H,4,7,10H2,1H3. The summed E-state index contributed by atoms with van der Waals surface area (Å²) in [4.78, 5) is 4.19. The molecule has 1 aliphatic rings. The molecule has 3 rings (SSSR count). The van der Waals surface area contributed by atoms with Gasteiger partial charge in [0.1, 0.15) is 5.82 Å². The Morgan fingerprint density at radius 3 is 3.15 bits per heavy atom. The average Bonchev–Trinajstić information content (AvgIpc) is 2.87. The number of benzene rings is 1. The molecule has 0 spiro atoms. The minimum absolute atomic E-state index is 0.154. The zero-order valence-electron chi connectivity index (χ0n) is 11.4. The number of aryl methyl sites for hydroxylation is 1. The predicted molar refractivity (Wildman–Crippen MR) is 75.1 cm³/mol. The Hall–Kier alpha value is -1.94. The van der Waals surface area contributed by atoms with Crippen molar-refractivity contribution in [3.8, 4) is 5.88 Å². The van der Waals surface area contributed by atoms with Gasteiger partial charge in [-0.25, -0.2) is 9.37 Å². The van der Waals surface area contributed by atoms with Crippen molar-refractivity contribution in [3.05, 3.63) is 59.0 Å². The van der Waals surface area contributed by atoms with Gasteiger partial charge in [-0.15, -0.1) is 0 Å². The number of hydrogen-bond acceptors (Lipinski definition) is 3. The zero-order chi connectivity index (χ0) is 13.9. The summed E-state index contributed by atoms with van der Waals surface area (Å²) < 4.78 is 18.4. The maximum atomic E-state index is 13.2. The highest BCUT2D eigenvalue weighted by Crippen LogP contribution is 2.32. The summed E-state index contributed by atoms with van der Waals surface area (Å²) in [5.74, 6) is 0.496. The first-order valence-corrected chi connectivity index (χ1v) is 6.77. The van der Waals surface area contributed by atoms with E-state index in [1.165, 1.54) is 11.6 Å². The molecule has 1 aromatic heterocycles. The molecule has 1 unspecified atom stereocenters. The average molecular weight is 272 g/mol. The number of halogens is 1. The first kappa shape index (κ1) is 13.1. The van der Waals surface area contributed by atoms with Crippen molar-refractivity contribution in [3.63, 3.8) is 0 Å². The molecule has 1 aliphatic carbocycles. The van der Waals surface area contributed by atoms with Crippen LogP contribution in [0.1, 0.15) is 29.2 Å². The Balaban J connectivity index is 1.72. The lowest BCUT2D eigenvalue weighted by Crippen LogP contribution is -2.19. The lowest BCUT2D eigenvalue weighted by atomic mass is 10.1. The van der Waals surface area contributed by atoms with Gasteiger partial charge in [-0.3, -0.25) is 0 Å². The topological polar surface area (TPSA) is 34.1 Å². The van der Waals surface area contributed by atoms with Crippen LogP contribution in [-0.4, -0.2) is 12.1 Å². The second kappa shape index (κ2) is 5.59. The fourth-order valence-electron chi connectivity index (χ4n) is 2.77. The molecule has 1 N–H and O–H groups in total. The number of nitrogens with one attached hydrogen (secondary N) is 1. The van der Waals surface area contributed by atoms with Gasteiger partial charge in [0.15, 0.2) is 0 Å². The van der Waals surface area contributed by atoms with Gasteiger partial charge in [0, 0.05) is 24.3 Å². The van der Waals surface area contributed by atoms with Crippen LogP contribution in [0.2, 0.25) is 0 Å². The third-order valence-corrected chi connectivity index (χ3v) is 3.77. The molecule has 1 aromatic carbocycles. The molecule has 0 saturated heterocycles. The van der Waals surface area contributed by atoms with E-state index in [0.717, 1.165) is 24.0 Å². The van der Waals surface area contributed by atoms with Gasteiger partial charge in [-0.2, -0.15) is 0 Å². The van der Waals surface area contributed by atoms with E-state index in [4.69, 9.17) is 4.74 Å². The van der Waals surface area contributed by atoms with Gasteiger partial charge in [0.25, 0.3) is 0 Å². The van der Waals surface area contributed by atoms with Gasteiger partial charge >= 0.3 is 0 Å². The lowest BCUT2D eigenvalue weighted by Gasteiger charge is -2.15. The number of fused-ring (bicyclic) bond motifs is 1. The zero-order valence-corrected chi connectivity index (χ0v) is 11.4. The quantitative estimate of drug-likeness (QED) is 0.929. The SMILES string of the molecule is COc1ncccc1CNC1CCc2cc(F)ccc21. The molecule has 0 amide bonds. The molecule has 2 aromatic rings. The van der Waals surface area contributed by atoms with Crippen LogP contribution < -0.4 is 10.1 Å². The van der Waals surface area contributed by atoms with Gasteiger partial charge < -0.3 is 10.1 Å². The van der Waals surface area contributed by atoms with E-state index in [1.807, 2.05) is 18.2 Å². The van der Waals surface area contributed by atoms with Crippen LogP contribution >= 0.6 is 0 Å². The smallest absolute Gasteiger partial charge is 0.217 e. The van der Waals surface area contributed by atoms with Gasteiger partial charge in [-0.1, -0.05) is 12.1 Å². The summed E-state index contributed by atoms with van der Waals surface area (Å²) in [5, 5.41) is 3.51. The number of rotatable bonds is 4. The molecule has 0 fully saturated rings. The summed E-state index contributed by atoms with van der Waals surface area (Å²) in [7, 11) is 1.62. The van der Waals surface area contributed by atoms with Crippen molar-refractivity contribution < 1.29 is 9.13 Å². The van der Waals surface area contributed by atoms with Gasteiger partial charge in [0.05, 0.1) is 7.11 Å². The normalized spacial score (nSPS) is 17.0. The summed E-state index contributed by atoms with van der Waals surface area (Å²) in [6.07, 6.45) is 3.65. The minimum atomic E-state index is -0.154. The van der Waals surface area contributed by atoms with Crippen molar-refractivity contribution in [2.75, 3.05) is 7.11 Å². The Kier molecular flexibility index (Phi) is 3.65. The molecular formula is C16H17FN2O. The molecule has 20 heavy (non-hydrogen) atoms. The highest BCUT2D eigenvalue weighted by atomic mass is 19.1. The highest BCUT2D eigenvalue weighted by Gasteiger charge is 2.22. The first-order valence-electron chi connectivity index (χ1n) is 6.77. The van der Waals surface area contributed by atoms with Gasteiger partial charge in [0.2, 0.25) is 5.88 Å². The fraction of sp³-hybridized carbons (Fsp3) is 0.312. The van der Waals surface area contributed by atoms with Crippen molar-refractivity contribution in [1.29, 1.82) is 0 Å². The first-order chi connectivity index (χ1) is 9.78. The largest absolute Gasteiger partial charge is 0.481 e. The van der Waals surface area contributed by atoms with Gasteiger partial charge in [-0.05, 0) is 42.2 Å². The van der Waals surface area contributed by atoms with E-state index >= 15 is 0 Å². The van der Waals surface area contributed by atoms with Crippen LogP contribution in [0.5, 0.6) is 5.88 Å². The molecule has 0 radical (unpaired) electrons. The molecule has 0 bridgehead atoms. The molecule has 104 valence electrons. The summed E-state index contributed by atoms with van der Waals surface area (Å²) >= 11 is 0. The summed E-state index contributed by atoms with van der Waals surface area (Å²) in [5.41, 5.74) is 3.35. The van der Waals surface area contributed by atoms with Crippen molar-refractivity contribution in [1.82, 2.24) is 10.3 Å². The predicted octanol–water partition coefficient (Wildman–Crippen LogP) is 3.01. The fourth-order valence-corrected chi connectivity index (χ4v) is 2.77. The molecular weight excluding hydrogens is 255 g/mol. The van der Waals surface area contributed by atoms with E-state index < -0.39 is 0 Å². The number of aromatic nitrogens is 1. The molecule has 4 heteroatoms. The monoisotopic (exact) mass is 272 g/mol. The maximum absolute atomic E-state index is 13.2. The van der Waals surface area contributed by atoms with Crippen molar-refractivity contribution >= 4 is 0 Å². The Bertz CT molecular complexity index is 615. The Morgan fingerprint density at radius 2 is 2.30 bits per heavy atom.